The lowest BCUT2D eigenvalue weighted by Crippen LogP contribution is -2.40. The quantitative estimate of drug-likeness (QED) is 0.730. The van der Waals surface area contributed by atoms with Crippen LogP contribution in [-0.4, -0.2) is 18.2 Å². The molecule has 0 bridgehead atoms. The van der Waals surface area contributed by atoms with Crippen molar-refractivity contribution < 1.29 is 17.7 Å². The van der Waals surface area contributed by atoms with Crippen LogP contribution in [0.2, 0.25) is 0 Å². The van der Waals surface area contributed by atoms with Crippen molar-refractivity contribution in [3.8, 4) is 0 Å². The summed E-state index contributed by atoms with van der Waals surface area (Å²) < 4.78 is 40.3. The van der Waals surface area contributed by atoms with Crippen molar-refractivity contribution >= 4 is 0 Å². The Balaban J connectivity index is 2.17. The van der Waals surface area contributed by atoms with Gasteiger partial charge in [-0.1, -0.05) is 5.16 Å². The molecule has 0 spiro atoms. The van der Waals surface area contributed by atoms with Crippen LogP contribution >= 0.6 is 0 Å². The summed E-state index contributed by atoms with van der Waals surface area (Å²) >= 11 is 0. The second-order valence-electron chi connectivity index (χ2n) is 2.97. The van der Waals surface area contributed by atoms with Crippen LogP contribution in [0.1, 0.15) is 17.4 Å². The van der Waals surface area contributed by atoms with Gasteiger partial charge in [-0.3, -0.25) is 0 Å². The van der Waals surface area contributed by atoms with Gasteiger partial charge in [0, 0.05) is 25.1 Å². The van der Waals surface area contributed by atoms with Crippen molar-refractivity contribution in [1.82, 2.24) is 10.5 Å². The highest BCUT2D eigenvalue weighted by atomic mass is 19.4. The molecular weight excluding hydrogens is 185 g/mol. The second kappa shape index (κ2) is 2.73. The highest BCUT2D eigenvalue weighted by Crippen LogP contribution is 2.31. The average Bonchev–Trinajstić information content (AvgIpc) is 2.29. The largest absolute Gasteiger partial charge is 0.452 e. The molecule has 1 fully saturated rings. The van der Waals surface area contributed by atoms with Crippen LogP contribution < -0.4 is 5.32 Å². The molecule has 1 aromatic rings. The first-order chi connectivity index (χ1) is 6.07. The Morgan fingerprint density at radius 1 is 1.46 bits per heavy atom. The third kappa shape index (κ3) is 1.53. The predicted molar refractivity (Wildman–Crippen MR) is 37.1 cm³/mol. The van der Waals surface area contributed by atoms with Crippen molar-refractivity contribution in [1.29, 1.82) is 0 Å². The molecule has 6 heteroatoms. The zero-order valence-electron chi connectivity index (χ0n) is 6.56. The number of alkyl halides is 3. The fraction of sp³-hybridized carbons (Fsp3) is 0.571. The molecule has 1 aliphatic heterocycles. The molecule has 0 atom stereocenters. The molecule has 1 aliphatic rings. The van der Waals surface area contributed by atoms with Gasteiger partial charge in [0.2, 0.25) is 5.76 Å². The monoisotopic (exact) mass is 192 g/mol. The molecule has 2 rings (SSSR count). The Labute approximate surface area is 71.9 Å². The van der Waals surface area contributed by atoms with E-state index in [0.29, 0.717) is 18.8 Å². The molecule has 0 aliphatic carbocycles. The minimum absolute atomic E-state index is 0.0693. The maximum absolute atomic E-state index is 12.0. The zero-order valence-corrected chi connectivity index (χ0v) is 6.56. The van der Waals surface area contributed by atoms with E-state index >= 15 is 0 Å². The number of aromatic nitrogens is 1. The van der Waals surface area contributed by atoms with E-state index in [1.54, 1.807) is 0 Å². The normalized spacial score (nSPS) is 18.7. The van der Waals surface area contributed by atoms with Gasteiger partial charge in [-0.05, 0) is 0 Å². The highest BCUT2D eigenvalue weighted by Gasteiger charge is 2.37. The van der Waals surface area contributed by atoms with Crippen molar-refractivity contribution in [3.05, 3.63) is 17.5 Å². The van der Waals surface area contributed by atoms with Crippen molar-refractivity contribution in [2.45, 2.75) is 12.1 Å². The first-order valence-corrected chi connectivity index (χ1v) is 3.82. The molecule has 1 N–H and O–H groups in total. The molecule has 72 valence electrons. The Morgan fingerprint density at radius 3 is 2.54 bits per heavy atom. The number of nitrogens with one attached hydrogen (secondary N) is 1. The third-order valence-electron chi connectivity index (χ3n) is 2.01. The average molecular weight is 192 g/mol. The SMILES string of the molecule is FC(F)(F)c1cc(C2CNC2)no1. The molecule has 0 radical (unpaired) electrons. The molecule has 0 saturated carbocycles. The van der Waals surface area contributed by atoms with Crippen LogP contribution in [0.15, 0.2) is 10.6 Å². The summed E-state index contributed by atoms with van der Waals surface area (Å²) in [6.07, 6.45) is -4.43. The maximum Gasteiger partial charge on any atom is 0.452 e. The van der Waals surface area contributed by atoms with E-state index in [2.05, 4.69) is 15.0 Å². The highest BCUT2D eigenvalue weighted by molar-refractivity contribution is 5.15. The first-order valence-electron chi connectivity index (χ1n) is 3.82. The van der Waals surface area contributed by atoms with E-state index in [0.717, 1.165) is 6.07 Å². The van der Waals surface area contributed by atoms with Gasteiger partial charge in [-0.25, -0.2) is 0 Å². The fourth-order valence-electron chi connectivity index (χ4n) is 1.11. The zero-order chi connectivity index (χ0) is 9.47. The van der Waals surface area contributed by atoms with Crippen molar-refractivity contribution in [2.75, 3.05) is 13.1 Å². The van der Waals surface area contributed by atoms with Gasteiger partial charge in [0.25, 0.3) is 0 Å². The van der Waals surface area contributed by atoms with Crippen LogP contribution in [0.3, 0.4) is 0 Å². The first kappa shape index (κ1) is 8.55. The maximum atomic E-state index is 12.0. The second-order valence-corrected chi connectivity index (χ2v) is 2.97. The van der Waals surface area contributed by atoms with E-state index in [1.807, 2.05) is 0 Å². The number of halogens is 3. The van der Waals surface area contributed by atoms with Gasteiger partial charge in [0.05, 0.1) is 5.69 Å². The molecule has 0 aromatic carbocycles. The van der Waals surface area contributed by atoms with E-state index in [4.69, 9.17) is 0 Å². The van der Waals surface area contributed by atoms with E-state index in [9.17, 15) is 13.2 Å². The lowest BCUT2D eigenvalue weighted by molar-refractivity contribution is -0.155. The molecule has 2 heterocycles. The Hall–Kier alpha value is -1.04. The molecule has 0 unspecified atom stereocenters. The lowest BCUT2D eigenvalue weighted by Gasteiger charge is -2.24. The molecule has 1 saturated heterocycles. The summed E-state index contributed by atoms with van der Waals surface area (Å²) in [5.74, 6) is -0.950. The topological polar surface area (TPSA) is 38.1 Å². The van der Waals surface area contributed by atoms with Crippen LogP contribution in [0.25, 0.3) is 0 Å². The summed E-state index contributed by atoms with van der Waals surface area (Å²) in [4.78, 5) is 0. The van der Waals surface area contributed by atoms with Crippen molar-refractivity contribution in [2.24, 2.45) is 0 Å². The minimum atomic E-state index is -4.43. The van der Waals surface area contributed by atoms with E-state index in [1.165, 1.54) is 0 Å². The van der Waals surface area contributed by atoms with Crippen LogP contribution in [0.4, 0.5) is 13.2 Å². The number of rotatable bonds is 1. The van der Waals surface area contributed by atoms with Gasteiger partial charge in [0.1, 0.15) is 0 Å². The summed E-state index contributed by atoms with van der Waals surface area (Å²) in [7, 11) is 0. The smallest absolute Gasteiger partial charge is 0.351 e. The number of hydrogen-bond acceptors (Lipinski definition) is 3. The minimum Gasteiger partial charge on any atom is -0.351 e. The molecule has 3 nitrogen and oxygen atoms in total. The fourth-order valence-corrected chi connectivity index (χ4v) is 1.11. The lowest BCUT2D eigenvalue weighted by atomic mass is 9.99. The third-order valence-corrected chi connectivity index (χ3v) is 2.01. The van der Waals surface area contributed by atoms with Gasteiger partial charge in [0.15, 0.2) is 0 Å². The van der Waals surface area contributed by atoms with Gasteiger partial charge < -0.3 is 9.84 Å². The Morgan fingerprint density at radius 2 is 2.15 bits per heavy atom. The Kier molecular flexibility index (Phi) is 1.80. The Bertz CT molecular complexity index is 303. The standard InChI is InChI=1S/C7H7F3N2O/c8-7(9,10)6-1-5(12-13-6)4-2-11-3-4/h1,4,11H,2-3H2. The number of nitrogens with zero attached hydrogens (tertiary/aromatic N) is 1. The molecule has 1 aromatic heterocycles. The molecule has 0 amide bonds. The van der Waals surface area contributed by atoms with Crippen LogP contribution in [0, 0.1) is 0 Å². The summed E-state index contributed by atoms with van der Waals surface area (Å²) in [6, 6.07) is 0.964. The van der Waals surface area contributed by atoms with Crippen molar-refractivity contribution in [3.63, 3.8) is 0 Å². The predicted octanol–water partition coefficient (Wildman–Crippen LogP) is 1.38. The molecular formula is C7H7F3N2O. The summed E-state index contributed by atoms with van der Waals surface area (Å²) in [5, 5.41) is 6.31. The van der Waals surface area contributed by atoms with Gasteiger partial charge >= 0.3 is 6.18 Å². The summed E-state index contributed by atoms with van der Waals surface area (Å²) in [6.45, 7) is 1.34. The van der Waals surface area contributed by atoms with Crippen LogP contribution in [-0.2, 0) is 6.18 Å². The van der Waals surface area contributed by atoms with E-state index < -0.39 is 11.9 Å². The van der Waals surface area contributed by atoms with Gasteiger partial charge in [-0.15, -0.1) is 0 Å². The van der Waals surface area contributed by atoms with Gasteiger partial charge in [-0.2, -0.15) is 13.2 Å². The van der Waals surface area contributed by atoms with E-state index in [-0.39, 0.29) is 5.92 Å². The summed E-state index contributed by atoms with van der Waals surface area (Å²) in [5.41, 5.74) is 0.381. The number of hydrogen-bond donors (Lipinski definition) is 1. The van der Waals surface area contributed by atoms with Crippen LogP contribution in [0.5, 0.6) is 0 Å². The molecule has 13 heavy (non-hydrogen) atoms.